The minimum Gasteiger partial charge on any atom is -0.491 e. The van der Waals surface area contributed by atoms with Gasteiger partial charge in [0.25, 0.3) is 0 Å². The number of benzene rings is 1. The fraction of sp³-hybridized carbons (Fsp3) is 0.650. The molecule has 0 aliphatic heterocycles. The standard InChI is InChI=1S/C20H32O5/c1-4-5-6-11-20(2,3)17-7-9-18(10-8-17)25-15-14-23-12-13-24-16-19(21)22/h7-10H,4-6,11-16H2,1-3H3,(H,21,22). The fourth-order valence-electron chi connectivity index (χ4n) is 2.56. The van der Waals surface area contributed by atoms with Crippen LogP contribution in [0, 0.1) is 0 Å². The summed E-state index contributed by atoms with van der Waals surface area (Å²) in [7, 11) is 0. The van der Waals surface area contributed by atoms with Crippen LogP contribution in [0.5, 0.6) is 5.75 Å². The van der Waals surface area contributed by atoms with Crippen LogP contribution in [0.2, 0.25) is 0 Å². The van der Waals surface area contributed by atoms with E-state index in [1.165, 1.54) is 31.2 Å². The summed E-state index contributed by atoms with van der Waals surface area (Å²) < 4.78 is 15.9. The first-order valence-corrected chi connectivity index (χ1v) is 9.06. The highest BCUT2D eigenvalue weighted by Gasteiger charge is 2.19. The van der Waals surface area contributed by atoms with Gasteiger partial charge in [0.2, 0.25) is 0 Å². The third kappa shape index (κ3) is 9.46. The van der Waals surface area contributed by atoms with Crippen LogP contribution < -0.4 is 4.74 Å². The molecule has 1 aromatic carbocycles. The molecule has 25 heavy (non-hydrogen) atoms. The predicted octanol–water partition coefficient (Wildman–Crippen LogP) is 4.04. The van der Waals surface area contributed by atoms with Gasteiger partial charge in [-0.25, -0.2) is 4.79 Å². The fourth-order valence-corrected chi connectivity index (χ4v) is 2.56. The van der Waals surface area contributed by atoms with Gasteiger partial charge < -0.3 is 19.3 Å². The molecule has 1 N–H and O–H groups in total. The maximum absolute atomic E-state index is 10.3. The first-order valence-electron chi connectivity index (χ1n) is 9.06. The van der Waals surface area contributed by atoms with Crippen molar-refractivity contribution in [1.29, 1.82) is 0 Å². The van der Waals surface area contributed by atoms with Gasteiger partial charge in [-0.2, -0.15) is 0 Å². The van der Waals surface area contributed by atoms with Crippen molar-refractivity contribution in [3.63, 3.8) is 0 Å². The van der Waals surface area contributed by atoms with Crippen molar-refractivity contribution in [2.45, 2.75) is 51.9 Å². The SMILES string of the molecule is CCCCCC(C)(C)c1ccc(OCCOCCOCC(=O)O)cc1. The van der Waals surface area contributed by atoms with Gasteiger partial charge in [-0.15, -0.1) is 0 Å². The molecule has 142 valence electrons. The summed E-state index contributed by atoms with van der Waals surface area (Å²) >= 11 is 0. The molecule has 0 saturated heterocycles. The van der Waals surface area contributed by atoms with E-state index in [1.807, 2.05) is 12.1 Å². The normalized spacial score (nSPS) is 11.5. The Bertz CT molecular complexity index is 481. The summed E-state index contributed by atoms with van der Waals surface area (Å²) in [5.74, 6) is -0.140. The molecule has 0 spiro atoms. The van der Waals surface area contributed by atoms with Gasteiger partial charge in [-0.3, -0.25) is 0 Å². The number of unbranched alkanes of at least 4 members (excludes halogenated alkanes) is 2. The van der Waals surface area contributed by atoms with E-state index in [4.69, 9.17) is 19.3 Å². The molecule has 1 aromatic rings. The van der Waals surface area contributed by atoms with Crippen LogP contribution in [0.25, 0.3) is 0 Å². The second-order valence-electron chi connectivity index (χ2n) is 6.77. The molecule has 0 unspecified atom stereocenters. The molecule has 5 nitrogen and oxygen atoms in total. The highest BCUT2D eigenvalue weighted by molar-refractivity contribution is 5.67. The molecule has 0 fully saturated rings. The van der Waals surface area contributed by atoms with E-state index < -0.39 is 5.97 Å². The highest BCUT2D eigenvalue weighted by atomic mass is 16.5. The Hall–Kier alpha value is -1.59. The van der Waals surface area contributed by atoms with Crippen molar-refractivity contribution in [1.82, 2.24) is 0 Å². The third-order valence-electron chi connectivity index (χ3n) is 4.14. The van der Waals surface area contributed by atoms with Crippen molar-refractivity contribution in [3.8, 4) is 5.75 Å². The molecule has 0 aromatic heterocycles. The molecule has 0 bridgehead atoms. The Balaban J connectivity index is 2.22. The monoisotopic (exact) mass is 352 g/mol. The lowest BCUT2D eigenvalue weighted by molar-refractivity contribution is -0.142. The van der Waals surface area contributed by atoms with Gasteiger partial charge in [0, 0.05) is 0 Å². The lowest BCUT2D eigenvalue weighted by Crippen LogP contribution is -2.17. The first-order chi connectivity index (χ1) is 12.0. The highest BCUT2D eigenvalue weighted by Crippen LogP contribution is 2.30. The van der Waals surface area contributed by atoms with E-state index in [2.05, 4.69) is 32.9 Å². The Kier molecular flexibility index (Phi) is 10.2. The Labute approximate surface area is 151 Å². The number of hydrogen-bond donors (Lipinski definition) is 1. The maximum atomic E-state index is 10.3. The molecule has 0 aliphatic rings. The molecular formula is C20H32O5. The summed E-state index contributed by atoms with van der Waals surface area (Å²) in [6, 6.07) is 8.30. The Morgan fingerprint density at radius 3 is 2.28 bits per heavy atom. The van der Waals surface area contributed by atoms with Crippen LogP contribution in [0.15, 0.2) is 24.3 Å². The minimum atomic E-state index is -0.972. The number of carbonyl (C=O) groups is 1. The zero-order valence-corrected chi connectivity index (χ0v) is 15.8. The van der Waals surface area contributed by atoms with E-state index in [-0.39, 0.29) is 18.6 Å². The lowest BCUT2D eigenvalue weighted by Gasteiger charge is -2.25. The van der Waals surface area contributed by atoms with Crippen LogP contribution >= 0.6 is 0 Å². The molecular weight excluding hydrogens is 320 g/mol. The maximum Gasteiger partial charge on any atom is 0.329 e. The summed E-state index contributed by atoms with van der Waals surface area (Å²) in [5.41, 5.74) is 1.52. The number of rotatable bonds is 14. The average Bonchev–Trinajstić information content (AvgIpc) is 2.57. The van der Waals surface area contributed by atoms with Gasteiger partial charge in [0.1, 0.15) is 19.0 Å². The lowest BCUT2D eigenvalue weighted by atomic mass is 9.80. The topological polar surface area (TPSA) is 65.0 Å². The van der Waals surface area contributed by atoms with E-state index in [1.54, 1.807) is 0 Å². The van der Waals surface area contributed by atoms with Crippen LogP contribution in [0.1, 0.15) is 52.0 Å². The summed E-state index contributed by atoms with van der Waals surface area (Å²) in [6.45, 7) is 8.05. The van der Waals surface area contributed by atoms with Gasteiger partial charge >= 0.3 is 5.97 Å². The Morgan fingerprint density at radius 2 is 1.64 bits per heavy atom. The van der Waals surface area contributed by atoms with Gasteiger partial charge in [-0.1, -0.05) is 52.2 Å². The van der Waals surface area contributed by atoms with E-state index in [0.717, 1.165) is 5.75 Å². The molecule has 5 heteroatoms. The Morgan fingerprint density at radius 1 is 1.00 bits per heavy atom. The van der Waals surface area contributed by atoms with Crippen LogP contribution in [0.4, 0.5) is 0 Å². The van der Waals surface area contributed by atoms with Crippen LogP contribution in [-0.4, -0.2) is 44.1 Å². The third-order valence-corrected chi connectivity index (χ3v) is 4.14. The van der Waals surface area contributed by atoms with E-state index in [0.29, 0.717) is 19.8 Å². The number of carboxylic acids is 1. The zero-order chi connectivity index (χ0) is 18.5. The second kappa shape index (κ2) is 11.9. The number of hydrogen-bond acceptors (Lipinski definition) is 4. The average molecular weight is 352 g/mol. The molecule has 0 radical (unpaired) electrons. The molecule has 0 heterocycles. The van der Waals surface area contributed by atoms with Crippen LogP contribution in [-0.2, 0) is 19.7 Å². The molecule has 0 saturated carbocycles. The zero-order valence-electron chi connectivity index (χ0n) is 15.8. The summed E-state index contributed by atoms with van der Waals surface area (Å²) in [6.07, 6.45) is 4.98. The minimum absolute atomic E-state index is 0.187. The second-order valence-corrected chi connectivity index (χ2v) is 6.77. The van der Waals surface area contributed by atoms with Crippen molar-refractivity contribution in [2.75, 3.05) is 33.0 Å². The first kappa shape index (κ1) is 21.5. The molecule has 0 atom stereocenters. The quantitative estimate of drug-likeness (QED) is 0.512. The summed E-state index contributed by atoms with van der Waals surface area (Å²) in [4.78, 5) is 10.3. The smallest absolute Gasteiger partial charge is 0.329 e. The largest absolute Gasteiger partial charge is 0.491 e. The predicted molar refractivity (Wildman–Crippen MR) is 98.4 cm³/mol. The van der Waals surface area contributed by atoms with Crippen molar-refractivity contribution >= 4 is 5.97 Å². The van der Waals surface area contributed by atoms with Crippen LogP contribution in [0.3, 0.4) is 0 Å². The van der Waals surface area contributed by atoms with E-state index >= 15 is 0 Å². The van der Waals surface area contributed by atoms with Crippen molar-refractivity contribution < 1.29 is 24.1 Å². The van der Waals surface area contributed by atoms with Gasteiger partial charge in [0.15, 0.2) is 0 Å². The van der Waals surface area contributed by atoms with E-state index in [9.17, 15) is 4.79 Å². The van der Waals surface area contributed by atoms with Gasteiger partial charge in [-0.05, 0) is 29.5 Å². The number of ether oxygens (including phenoxy) is 3. The number of aliphatic carboxylic acids is 1. The summed E-state index contributed by atoms with van der Waals surface area (Å²) in [5, 5.41) is 8.42. The molecule has 1 rings (SSSR count). The van der Waals surface area contributed by atoms with Crippen molar-refractivity contribution in [3.05, 3.63) is 29.8 Å². The van der Waals surface area contributed by atoms with Gasteiger partial charge in [0.05, 0.1) is 19.8 Å². The van der Waals surface area contributed by atoms with Crippen molar-refractivity contribution in [2.24, 2.45) is 0 Å². The molecule has 0 amide bonds. The molecule has 0 aliphatic carbocycles. The number of carboxylic acid groups (broad SMARTS) is 1.